The maximum Gasteiger partial charge on any atom is 0.160 e. The van der Waals surface area contributed by atoms with E-state index in [4.69, 9.17) is 15.9 Å². The van der Waals surface area contributed by atoms with Crippen LogP contribution in [-0.4, -0.2) is 17.9 Å². The van der Waals surface area contributed by atoms with Crippen LogP contribution in [0, 0.1) is 5.41 Å². The lowest BCUT2D eigenvalue weighted by Gasteiger charge is -2.14. The Kier molecular flexibility index (Phi) is 4.48. The van der Waals surface area contributed by atoms with Gasteiger partial charge in [0, 0.05) is 16.8 Å². The molecule has 0 radical (unpaired) electrons. The third-order valence-corrected chi connectivity index (χ3v) is 3.39. The second kappa shape index (κ2) is 6.31. The first-order valence-corrected chi connectivity index (χ1v) is 6.91. The second-order valence-corrected chi connectivity index (χ2v) is 4.93. The summed E-state index contributed by atoms with van der Waals surface area (Å²) in [6.45, 7) is 2.08. The van der Waals surface area contributed by atoms with Crippen LogP contribution in [0.15, 0.2) is 36.4 Å². The molecule has 2 aromatic rings. The predicted octanol–water partition coefficient (Wildman–Crippen LogP) is 3.35. The van der Waals surface area contributed by atoms with Crippen molar-refractivity contribution in [3.8, 4) is 11.5 Å². The van der Waals surface area contributed by atoms with Gasteiger partial charge in [0.15, 0.2) is 11.5 Å². The molecule has 0 aliphatic carbocycles. The normalized spacial score (nSPS) is 10.4. The largest absolute Gasteiger partial charge is 0.504 e. The zero-order chi connectivity index (χ0) is 15.4. The molecular weight excluding hydrogens is 264 g/mol. The summed E-state index contributed by atoms with van der Waals surface area (Å²) in [5.74, 6) is 0.486. The first-order chi connectivity index (χ1) is 10.1. The minimum absolute atomic E-state index is 0.0487. The minimum Gasteiger partial charge on any atom is -0.504 e. The smallest absolute Gasteiger partial charge is 0.160 e. The number of ether oxygens (including phenoxy) is 1. The Morgan fingerprint density at radius 3 is 2.48 bits per heavy atom. The molecule has 2 aromatic carbocycles. The van der Waals surface area contributed by atoms with Crippen molar-refractivity contribution < 1.29 is 9.84 Å². The van der Waals surface area contributed by atoms with Crippen molar-refractivity contribution in [2.45, 2.75) is 19.8 Å². The van der Waals surface area contributed by atoms with Crippen molar-refractivity contribution in [3.05, 3.63) is 53.1 Å². The van der Waals surface area contributed by atoms with Gasteiger partial charge in [-0.3, -0.25) is 5.41 Å². The third kappa shape index (κ3) is 3.16. The fourth-order valence-corrected chi connectivity index (χ4v) is 2.29. The van der Waals surface area contributed by atoms with Gasteiger partial charge in [0.2, 0.25) is 0 Å². The molecule has 0 saturated heterocycles. The van der Waals surface area contributed by atoms with Crippen LogP contribution in [0.5, 0.6) is 11.5 Å². The molecule has 0 atom stereocenters. The maximum atomic E-state index is 9.98. The van der Waals surface area contributed by atoms with E-state index < -0.39 is 0 Å². The summed E-state index contributed by atoms with van der Waals surface area (Å²) < 4.78 is 5.15. The van der Waals surface area contributed by atoms with Crippen LogP contribution in [0.4, 0.5) is 5.69 Å². The number of phenols is 1. The summed E-state index contributed by atoms with van der Waals surface area (Å²) in [7, 11) is 1.52. The van der Waals surface area contributed by atoms with Crippen molar-refractivity contribution in [2.24, 2.45) is 0 Å². The molecular formula is C17H20N2O2. The van der Waals surface area contributed by atoms with E-state index in [1.165, 1.54) is 7.11 Å². The van der Waals surface area contributed by atoms with E-state index >= 15 is 0 Å². The Balaban J connectivity index is 2.48. The highest BCUT2D eigenvalue weighted by Crippen LogP contribution is 2.31. The molecule has 4 N–H and O–H groups in total. The standard InChI is InChI=1S/C17H20N2O2/c1-3-4-12-9-16(21-2)15(20)10-14(12)17(19)11-5-7-13(18)8-6-11/h5-10,19-20H,3-4,18H2,1-2H3. The van der Waals surface area contributed by atoms with Gasteiger partial charge in [-0.2, -0.15) is 0 Å². The molecule has 0 bridgehead atoms. The average Bonchev–Trinajstić information content (AvgIpc) is 2.49. The van der Waals surface area contributed by atoms with Gasteiger partial charge >= 0.3 is 0 Å². The van der Waals surface area contributed by atoms with E-state index in [9.17, 15) is 5.11 Å². The molecule has 0 aromatic heterocycles. The number of nitrogens with one attached hydrogen (secondary N) is 1. The number of nitrogens with two attached hydrogens (primary N) is 1. The highest BCUT2D eigenvalue weighted by atomic mass is 16.5. The fourth-order valence-electron chi connectivity index (χ4n) is 2.29. The molecule has 0 amide bonds. The number of aromatic hydroxyl groups is 1. The number of methoxy groups -OCH3 is 1. The van der Waals surface area contributed by atoms with Gasteiger partial charge in [-0.25, -0.2) is 0 Å². The highest BCUT2D eigenvalue weighted by Gasteiger charge is 2.14. The number of hydrogen-bond acceptors (Lipinski definition) is 4. The molecule has 0 spiro atoms. The molecule has 0 saturated carbocycles. The van der Waals surface area contributed by atoms with Gasteiger partial charge in [0.1, 0.15) is 0 Å². The van der Waals surface area contributed by atoms with Crippen LogP contribution < -0.4 is 10.5 Å². The number of rotatable bonds is 5. The summed E-state index contributed by atoms with van der Waals surface area (Å²) in [5.41, 5.74) is 9.20. The topological polar surface area (TPSA) is 79.3 Å². The molecule has 0 fully saturated rings. The molecule has 0 aliphatic heterocycles. The Morgan fingerprint density at radius 1 is 1.24 bits per heavy atom. The van der Waals surface area contributed by atoms with Crippen LogP contribution in [0.3, 0.4) is 0 Å². The Bertz CT molecular complexity index is 649. The van der Waals surface area contributed by atoms with Crippen LogP contribution in [0.2, 0.25) is 0 Å². The zero-order valence-electron chi connectivity index (χ0n) is 12.3. The molecule has 4 heteroatoms. The van der Waals surface area contributed by atoms with E-state index in [1.54, 1.807) is 24.3 Å². The number of aryl methyl sites for hydroxylation is 1. The molecule has 0 aliphatic rings. The average molecular weight is 284 g/mol. The van der Waals surface area contributed by atoms with Crippen LogP contribution in [0.25, 0.3) is 0 Å². The lowest BCUT2D eigenvalue weighted by Crippen LogP contribution is -2.06. The van der Waals surface area contributed by atoms with E-state index in [0.29, 0.717) is 17.1 Å². The molecule has 0 unspecified atom stereocenters. The molecule has 0 heterocycles. The number of hydrogen-bond donors (Lipinski definition) is 3. The van der Waals surface area contributed by atoms with Gasteiger partial charge in [-0.15, -0.1) is 0 Å². The Labute approximate surface area is 124 Å². The first-order valence-electron chi connectivity index (χ1n) is 6.91. The molecule has 2 rings (SSSR count). The summed E-state index contributed by atoms with van der Waals surface area (Å²) in [6.07, 6.45) is 1.78. The Hall–Kier alpha value is -2.49. The van der Waals surface area contributed by atoms with Crippen molar-refractivity contribution >= 4 is 11.4 Å². The van der Waals surface area contributed by atoms with E-state index in [1.807, 2.05) is 12.1 Å². The van der Waals surface area contributed by atoms with Gasteiger partial charge in [-0.1, -0.05) is 25.5 Å². The lowest BCUT2D eigenvalue weighted by molar-refractivity contribution is 0.373. The van der Waals surface area contributed by atoms with E-state index in [-0.39, 0.29) is 5.75 Å². The van der Waals surface area contributed by atoms with Crippen LogP contribution in [-0.2, 0) is 6.42 Å². The summed E-state index contributed by atoms with van der Waals surface area (Å²) >= 11 is 0. The lowest BCUT2D eigenvalue weighted by atomic mass is 9.94. The quantitative estimate of drug-likeness (QED) is 0.582. The second-order valence-electron chi connectivity index (χ2n) is 4.93. The maximum absolute atomic E-state index is 9.98. The highest BCUT2D eigenvalue weighted by molar-refractivity contribution is 6.12. The molecule has 110 valence electrons. The monoisotopic (exact) mass is 284 g/mol. The summed E-state index contributed by atoms with van der Waals surface area (Å²) in [5, 5.41) is 18.4. The van der Waals surface area contributed by atoms with Crippen molar-refractivity contribution in [1.29, 1.82) is 5.41 Å². The first kappa shape index (κ1) is 14.9. The third-order valence-electron chi connectivity index (χ3n) is 3.39. The van der Waals surface area contributed by atoms with E-state index in [0.717, 1.165) is 29.5 Å². The fraction of sp³-hybridized carbons (Fsp3) is 0.235. The van der Waals surface area contributed by atoms with Crippen molar-refractivity contribution in [2.75, 3.05) is 12.8 Å². The van der Waals surface area contributed by atoms with Gasteiger partial charge in [0.05, 0.1) is 12.8 Å². The Morgan fingerprint density at radius 2 is 1.90 bits per heavy atom. The molecule has 21 heavy (non-hydrogen) atoms. The molecule has 4 nitrogen and oxygen atoms in total. The van der Waals surface area contributed by atoms with Gasteiger partial charge < -0.3 is 15.6 Å². The van der Waals surface area contributed by atoms with Gasteiger partial charge in [0.25, 0.3) is 0 Å². The number of benzene rings is 2. The van der Waals surface area contributed by atoms with Crippen molar-refractivity contribution in [3.63, 3.8) is 0 Å². The zero-order valence-corrected chi connectivity index (χ0v) is 12.3. The van der Waals surface area contributed by atoms with Gasteiger partial charge in [-0.05, 0) is 36.2 Å². The van der Waals surface area contributed by atoms with Crippen LogP contribution in [0.1, 0.15) is 30.0 Å². The minimum atomic E-state index is 0.0487. The number of nitrogen functional groups attached to an aromatic ring is 1. The number of anilines is 1. The van der Waals surface area contributed by atoms with Crippen LogP contribution >= 0.6 is 0 Å². The predicted molar refractivity (Wildman–Crippen MR) is 85.4 cm³/mol. The summed E-state index contributed by atoms with van der Waals surface area (Å²) in [4.78, 5) is 0. The summed E-state index contributed by atoms with van der Waals surface area (Å²) in [6, 6.07) is 10.6. The van der Waals surface area contributed by atoms with Crippen molar-refractivity contribution in [1.82, 2.24) is 0 Å². The number of phenolic OH excluding ortho intramolecular Hbond substituents is 1. The SMILES string of the molecule is CCCc1cc(OC)c(O)cc1C(=N)c1ccc(N)cc1. The van der Waals surface area contributed by atoms with E-state index in [2.05, 4.69) is 6.92 Å².